The van der Waals surface area contributed by atoms with Gasteiger partial charge in [0.2, 0.25) is 5.78 Å². The topological polar surface area (TPSA) is 158 Å². The maximum atomic E-state index is 13.5. The Balaban J connectivity index is 1.57. The first-order chi connectivity index (χ1) is 17.0. The fourth-order valence-electron chi connectivity index (χ4n) is 5.95. The van der Waals surface area contributed by atoms with Crippen LogP contribution in [0.5, 0.6) is 5.75 Å². The molecule has 1 fully saturated rings. The van der Waals surface area contributed by atoms with Crippen LogP contribution in [-0.2, 0) is 33.6 Å². The van der Waals surface area contributed by atoms with E-state index in [0.29, 0.717) is 18.4 Å². The Hall–Kier alpha value is -3.91. The van der Waals surface area contributed by atoms with E-state index in [0.717, 1.165) is 23.1 Å². The van der Waals surface area contributed by atoms with E-state index < -0.39 is 52.0 Å². The first-order valence-electron chi connectivity index (χ1n) is 11.9. The minimum atomic E-state index is -2.55. The number of carbonyl (C=O) groups is 3. The fourth-order valence-corrected chi connectivity index (χ4v) is 5.95. The number of fused-ring (bicyclic) bond motifs is 3. The lowest BCUT2D eigenvalue weighted by molar-refractivity contribution is -0.147. The second kappa shape index (κ2) is 8.34. The van der Waals surface area contributed by atoms with Gasteiger partial charge >= 0.3 is 0 Å². The number of nitrogens with two attached hydrogens (primary N) is 1. The highest BCUT2D eigenvalue weighted by Crippen LogP contribution is 2.52. The number of phenolic OH excluding ortho intramolecular Hbond substituents is 1. The molecule has 3 aliphatic carbocycles. The number of aromatic hydroxyl groups is 1. The Morgan fingerprint density at radius 3 is 2.39 bits per heavy atom. The SMILES string of the molecule is Cc1ccc(CCc2ccc(O)c3c2CC2CC4CC(=O)C(C(N)=O)=C(O)C4(O)C(=O)C2=C3O)cc1. The van der Waals surface area contributed by atoms with Crippen molar-refractivity contribution >= 4 is 23.2 Å². The lowest BCUT2D eigenvalue weighted by Gasteiger charge is -2.46. The molecule has 36 heavy (non-hydrogen) atoms. The van der Waals surface area contributed by atoms with Gasteiger partial charge in [0.15, 0.2) is 11.4 Å². The van der Waals surface area contributed by atoms with Crippen molar-refractivity contribution in [2.75, 3.05) is 0 Å². The van der Waals surface area contributed by atoms with Gasteiger partial charge in [0.05, 0.1) is 5.56 Å². The van der Waals surface area contributed by atoms with Crippen molar-refractivity contribution in [2.45, 2.75) is 44.6 Å². The largest absolute Gasteiger partial charge is 0.508 e. The molecule has 3 aliphatic rings. The fraction of sp³-hybridized carbons (Fsp3) is 0.321. The number of phenols is 1. The molecule has 0 spiro atoms. The van der Waals surface area contributed by atoms with Gasteiger partial charge in [-0.15, -0.1) is 0 Å². The zero-order chi connectivity index (χ0) is 25.9. The Kier molecular flexibility index (Phi) is 5.52. The summed E-state index contributed by atoms with van der Waals surface area (Å²) in [7, 11) is 0. The van der Waals surface area contributed by atoms with Crippen LogP contribution in [0, 0.1) is 18.8 Å². The second-order valence-corrected chi connectivity index (χ2v) is 9.99. The smallest absolute Gasteiger partial charge is 0.255 e. The molecule has 8 nitrogen and oxygen atoms in total. The number of amides is 1. The number of primary amides is 1. The van der Waals surface area contributed by atoms with Crippen molar-refractivity contribution in [3.8, 4) is 5.75 Å². The second-order valence-electron chi connectivity index (χ2n) is 9.99. The predicted molar refractivity (Wildman–Crippen MR) is 130 cm³/mol. The molecule has 2 aromatic rings. The third-order valence-electron chi connectivity index (χ3n) is 7.85. The highest BCUT2D eigenvalue weighted by Gasteiger charge is 2.60. The highest BCUT2D eigenvalue weighted by molar-refractivity contribution is 6.22. The van der Waals surface area contributed by atoms with Crippen molar-refractivity contribution in [2.24, 2.45) is 17.6 Å². The molecule has 0 heterocycles. The number of hydrogen-bond donors (Lipinski definition) is 5. The summed E-state index contributed by atoms with van der Waals surface area (Å²) >= 11 is 0. The molecule has 2 aromatic carbocycles. The lowest BCUT2D eigenvalue weighted by Crippen LogP contribution is -2.58. The number of rotatable bonds is 4. The molecular formula is C28H27NO7. The Bertz CT molecular complexity index is 1390. The van der Waals surface area contributed by atoms with Gasteiger partial charge in [0.1, 0.15) is 22.8 Å². The van der Waals surface area contributed by atoms with Gasteiger partial charge in [-0.1, -0.05) is 35.9 Å². The predicted octanol–water partition coefficient (Wildman–Crippen LogP) is 2.52. The number of hydrogen-bond acceptors (Lipinski definition) is 7. The molecule has 1 amide bonds. The molecule has 3 atom stereocenters. The van der Waals surface area contributed by atoms with Crippen LogP contribution in [0.1, 0.15) is 40.7 Å². The Labute approximate surface area is 207 Å². The maximum absolute atomic E-state index is 13.5. The van der Waals surface area contributed by atoms with Gasteiger partial charge in [-0.2, -0.15) is 0 Å². The van der Waals surface area contributed by atoms with Crippen molar-refractivity contribution in [3.63, 3.8) is 0 Å². The summed E-state index contributed by atoms with van der Waals surface area (Å²) in [5.41, 5.74) is 5.81. The van der Waals surface area contributed by atoms with Gasteiger partial charge in [0, 0.05) is 17.9 Å². The van der Waals surface area contributed by atoms with E-state index >= 15 is 0 Å². The molecule has 1 saturated carbocycles. The van der Waals surface area contributed by atoms with Crippen LogP contribution >= 0.6 is 0 Å². The van der Waals surface area contributed by atoms with Gasteiger partial charge in [-0.05, 0) is 61.3 Å². The van der Waals surface area contributed by atoms with Crippen molar-refractivity contribution in [3.05, 3.63) is 81.1 Å². The van der Waals surface area contributed by atoms with Crippen LogP contribution in [0.3, 0.4) is 0 Å². The van der Waals surface area contributed by atoms with Crippen LogP contribution in [0.25, 0.3) is 5.76 Å². The summed E-state index contributed by atoms with van der Waals surface area (Å²) in [6, 6.07) is 11.5. The zero-order valence-electron chi connectivity index (χ0n) is 19.7. The summed E-state index contributed by atoms with van der Waals surface area (Å²) < 4.78 is 0. The van der Waals surface area contributed by atoms with Crippen LogP contribution in [0.15, 0.2) is 53.3 Å². The normalized spacial score (nSPS) is 25.4. The summed E-state index contributed by atoms with van der Waals surface area (Å²) in [5, 5.41) is 43.7. The van der Waals surface area contributed by atoms with E-state index in [9.17, 15) is 34.8 Å². The number of Topliss-reactive ketones (excluding diaryl/α,β-unsaturated/α-hetero) is 2. The summed E-state index contributed by atoms with van der Waals surface area (Å²) in [6.07, 6.45) is 1.49. The monoisotopic (exact) mass is 489 g/mol. The summed E-state index contributed by atoms with van der Waals surface area (Å²) in [4.78, 5) is 37.8. The third-order valence-corrected chi connectivity index (χ3v) is 7.85. The van der Waals surface area contributed by atoms with Crippen LogP contribution in [-0.4, -0.2) is 43.5 Å². The van der Waals surface area contributed by atoms with E-state index in [2.05, 4.69) is 12.1 Å². The van der Waals surface area contributed by atoms with E-state index in [1.807, 2.05) is 19.1 Å². The van der Waals surface area contributed by atoms with Gasteiger partial charge in [-0.25, -0.2) is 0 Å². The number of benzene rings is 2. The van der Waals surface area contributed by atoms with Gasteiger partial charge in [0.25, 0.3) is 5.91 Å². The van der Waals surface area contributed by atoms with Gasteiger partial charge < -0.3 is 26.2 Å². The molecule has 5 rings (SSSR count). The Morgan fingerprint density at radius 1 is 1.03 bits per heavy atom. The average Bonchev–Trinajstić information content (AvgIpc) is 2.81. The Morgan fingerprint density at radius 2 is 1.72 bits per heavy atom. The highest BCUT2D eigenvalue weighted by atomic mass is 16.3. The number of aliphatic hydroxyl groups excluding tert-OH is 2. The number of carbonyl (C=O) groups excluding carboxylic acids is 3. The van der Waals surface area contributed by atoms with Crippen LogP contribution in [0.2, 0.25) is 0 Å². The minimum Gasteiger partial charge on any atom is -0.508 e. The molecule has 8 heteroatoms. The molecule has 6 N–H and O–H groups in total. The minimum absolute atomic E-state index is 0.121. The molecule has 186 valence electrons. The molecule has 0 bridgehead atoms. The summed E-state index contributed by atoms with van der Waals surface area (Å²) in [6.45, 7) is 2.02. The first kappa shape index (κ1) is 23.8. The molecule has 0 aliphatic heterocycles. The van der Waals surface area contributed by atoms with Crippen molar-refractivity contribution < 1.29 is 34.8 Å². The molecule has 0 aromatic heterocycles. The summed E-state index contributed by atoms with van der Waals surface area (Å²) in [5.74, 6) is -6.19. The average molecular weight is 490 g/mol. The molecular weight excluding hydrogens is 462 g/mol. The van der Waals surface area contributed by atoms with E-state index in [1.165, 1.54) is 6.07 Å². The number of ketones is 2. The van der Waals surface area contributed by atoms with Crippen LogP contribution in [0.4, 0.5) is 0 Å². The van der Waals surface area contributed by atoms with Crippen molar-refractivity contribution in [1.82, 2.24) is 0 Å². The van der Waals surface area contributed by atoms with E-state index in [1.54, 1.807) is 6.07 Å². The molecule has 3 unspecified atom stereocenters. The van der Waals surface area contributed by atoms with E-state index in [-0.39, 0.29) is 29.7 Å². The maximum Gasteiger partial charge on any atom is 0.255 e. The van der Waals surface area contributed by atoms with E-state index in [4.69, 9.17) is 5.73 Å². The van der Waals surface area contributed by atoms with Gasteiger partial charge in [-0.3, -0.25) is 14.4 Å². The standard InChI is InChI=1S/C28H27NO7/c1-13-2-4-14(5-3-13)6-7-15-8-9-19(30)22-18(15)11-16-10-17-12-20(31)23(27(29)35)26(34)28(17,36)25(33)21(16)24(22)32/h2-5,8-9,16-17,30,32,34,36H,6-7,10-12H2,1H3,(H2,29,35). The number of aryl methyl sites for hydroxylation is 3. The van der Waals surface area contributed by atoms with Crippen molar-refractivity contribution in [1.29, 1.82) is 0 Å². The quantitative estimate of drug-likeness (QED) is 0.413. The zero-order valence-corrected chi connectivity index (χ0v) is 19.7. The first-order valence-corrected chi connectivity index (χ1v) is 11.9. The molecule has 0 saturated heterocycles. The van der Waals surface area contributed by atoms with Crippen LogP contribution < -0.4 is 5.73 Å². The molecule has 0 radical (unpaired) electrons. The lowest BCUT2D eigenvalue weighted by atomic mass is 9.59. The third kappa shape index (κ3) is 3.44. The number of aliphatic hydroxyl groups is 3.